The van der Waals surface area contributed by atoms with E-state index in [-0.39, 0.29) is 0 Å². The number of hydrogen-bond acceptors (Lipinski definition) is 4. The summed E-state index contributed by atoms with van der Waals surface area (Å²) in [4.78, 5) is 0. The van der Waals surface area contributed by atoms with Gasteiger partial charge in [0.15, 0.2) is 11.0 Å². The van der Waals surface area contributed by atoms with Gasteiger partial charge in [-0.3, -0.25) is 0 Å². The Morgan fingerprint density at radius 1 is 1.45 bits per heavy atom. The Hall–Kier alpha value is -1.04. The summed E-state index contributed by atoms with van der Waals surface area (Å²) in [7, 11) is 0. The van der Waals surface area contributed by atoms with Gasteiger partial charge in [0.25, 0.3) is 0 Å². The molecule has 6 heteroatoms. The fourth-order valence-corrected chi connectivity index (χ4v) is 3.55. The number of benzene rings is 1. The molecule has 0 radical (unpaired) electrons. The van der Waals surface area contributed by atoms with Crippen molar-refractivity contribution in [2.75, 3.05) is 13.2 Å². The molecule has 1 aliphatic rings. The number of thioether (sulfide) groups is 1. The van der Waals surface area contributed by atoms with Gasteiger partial charge in [0, 0.05) is 29.0 Å². The van der Waals surface area contributed by atoms with Crippen molar-refractivity contribution in [1.29, 1.82) is 0 Å². The Bertz CT molecular complexity index is 596. The van der Waals surface area contributed by atoms with Gasteiger partial charge < -0.3 is 9.30 Å². The SMILES string of the molecule is CCn1c(SC2CCOC2)nnc1-c1cccc(Cl)c1. The highest BCUT2D eigenvalue weighted by Crippen LogP contribution is 2.30. The molecular weight excluding hydrogens is 294 g/mol. The van der Waals surface area contributed by atoms with Crippen LogP contribution in [0.1, 0.15) is 13.3 Å². The summed E-state index contributed by atoms with van der Waals surface area (Å²) < 4.78 is 7.55. The molecule has 2 aromatic rings. The van der Waals surface area contributed by atoms with Gasteiger partial charge >= 0.3 is 0 Å². The van der Waals surface area contributed by atoms with E-state index >= 15 is 0 Å². The lowest BCUT2D eigenvalue weighted by molar-refractivity contribution is 0.199. The first-order valence-electron chi connectivity index (χ1n) is 6.71. The van der Waals surface area contributed by atoms with Crippen molar-refractivity contribution in [2.24, 2.45) is 0 Å². The Labute approximate surface area is 127 Å². The van der Waals surface area contributed by atoms with E-state index in [2.05, 4.69) is 21.7 Å². The molecule has 1 unspecified atom stereocenters. The number of hydrogen-bond donors (Lipinski definition) is 0. The van der Waals surface area contributed by atoms with Crippen LogP contribution in [0.25, 0.3) is 11.4 Å². The molecule has 1 aromatic carbocycles. The van der Waals surface area contributed by atoms with E-state index in [1.165, 1.54) is 0 Å². The predicted molar refractivity (Wildman–Crippen MR) is 81.2 cm³/mol. The average molecular weight is 310 g/mol. The second kappa shape index (κ2) is 6.16. The first-order chi connectivity index (χ1) is 9.78. The normalized spacial score (nSPS) is 18.6. The summed E-state index contributed by atoms with van der Waals surface area (Å²) in [6, 6.07) is 7.73. The van der Waals surface area contributed by atoms with Crippen molar-refractivity contribution in [3.05, 3.63) is 29.3 Å². The monoisotopic (exact) mass is 309 g/mol. The van der Waals surface area contributed by atoms with E-state index in [1.807, 2.05) is 24.3 Å². The second-order valence-corrected chi connectivity index (χ2v) is 6.37. The van der Waals surface area contributed by atoms with Gasteiger partial charge in [0.1, 0.15) is 0 Å². The van der Waals surface area contributed by atoms with E-state index in [9.17, 15) is 0 Å². The van der Waals surface area contributed by atoms with Gasteiger partial charge in [0.2, 0.25) is 0 Å². The zero-order chi connectivity index (χ0) is 13.9. The van der Waals surface area contributed by atoms with Crippen LogP contribution >= 0.6 is 23.4 Å². The molecule has 1 fully saturated rings. The Kier molecular flexibility index (Phi) is 4.29. The van der Waals surface area contributed by atoms with E-state index in [1.54, 1.807) is 11.8 Å². The van der Waals surface area contributed by atoms with Gasteiger partial charge in [-0.2, -0.15) is 0 Å². The quantitative estimate of drug-likeness (QED) is 0.866. The maximum atomic E-state index is 6.06. The highest BCUT2D eigenvalue weighted by molar-refractivity contribution is 7.99. The van der Waals surface area contributed by atoms with Crippen LogP contribution in [0.5, 0.6) is 0 Å². The van der Waals surface area contributed by atoms with Gasteiger partial charge in [-0.25, -0.2) is 0 Å². The minimum absolute atomic E-state index is 0.483. The maximum absolute atomic E-state index is 6.06. The van der Waals surface area contributed by atoms with Crippen LogP contribution in [0.4, 0.5) is 0 Å². The van der Waals surface area contributed by atoms with Crippen LogP contribution in [-0.2, 0) is 11.3 Å². The summed E-state index contributed by atoms with van der Waals surface area (Å²) in [5.41, 5.74) is 1.00. The molecule has 1 saturated heterocycles. The van der Waals surface area contributed by atoms with Crippen molar-refractivity contribution in [2.45, 2.75) is 30.3 Å². The first-order valence-corrected chi connectivity index (χ1v) is 7.97. The lowest BCUT2D eigenvalue weighted by Gasteiger charge is -2.10. The summed E-state index contributed by atoms with van der Waals surface area (Å²) in [6.45, 7) is 4.59. The molecule has 4 nitrogen and oxygen atoms in total. The number of nitrogens with zero attached hydrogens (tertiary/aromatic N) is 3. The standard InChI is InChI=1S/C14H16ClN3OS/c1-2-18-13(10-4-3-5-11(15)8-10)16-17-14(18)20-12-6-7-19-9-12/h3-5,8,12H,2,6-7,9H2,1H3. The van der Waals surface area contributed by atoms with Gasteiger partial charge in [0.05, 0.1) is 6.61 Å². The molecule has 0 amide bonds. The van der Waals surface area contributed by atoms with Crippen LogP contribution in [0.15, 0.2) is 29.4 Å². The van der Waals surface area contributed by atoms with E-state index < -0.39 is 0 Å². The molecule has 1 aliphatic heterocycles. The largest absolute Gasteiger partial charge is 0.380 e. The molecule has 0 spiro atoms. The van der Waals surface area contributed by atoms with E-state index in [0.717, 1.165) is 42.7 Å². The zero-order valence-electron chi connectivity index (χ0n) is 11.3. The lowest BCUT2D eigenvalue weighted by Crippen LogP contribution is -2.05. The average Bonchev–Trinajstić information content (AvgIpc) is 3.08. The summed E-state index contributed by atoms with van der Waals surface area (Å²) in [5, 5.41) is 10.8. The Morgan fingerprint density at radius 2 is 2.35 bits per heavy atom. The third-order valence-electron chi connectivity index (χ3n) is 3.28. The molecule has 0 aliphatic carbocycles. The van der Waals surface area contributed by atoms with E-state index in [4.69, 9.17) is 16.3 Å². The van der Waals surface area contributed by atoms with Crippen LogP contribution in [0.3, 0.4) is 0 Å². The van der Waals surface area contributed by atoms with Gasteiger partial charge in [-0.05, 0) is 25.5 Å². The third-order valence-corrected chi connectivity index (χ3v) is 4.73. The molecule has 1 aromatic heterocycles. The van der Waals surface area contributed by atoms with Crippen molar-refractivity contribution < 1.29 is 4.74 Å². The molecule has 2 heterocycles. The molecule has 20 heavy (non-hydrogen) atoms. The van der Waals surface area contributed by atoms with Crippen molar-refractivity contribution in [1.82, 2.24) is 14.8 Å². The van der Waals surface area contributed by atoms with Crippen molar-refractivity contribution >= 4 is 23.4 Å². The highest BCUT2D eigenvalue weighted by Gasteiger charge is 2.21. The molecule has 0 bridgehead atoms. The molecule has 106 valence electrons. The van der Waals surface area contributed by atoms with Gasteiger partial charge in [-0.1, -0.05) is 35.5 Å². The Balaban J connectivity index is 1.90. The minimum Gasteiger partial charge on any atom is -0.380 e. The van der Waals surface area contributed by atoms with Crippen molar-refractivity contribution in [3.8, 4) is 11.4 Å². The minimum atomic E-state index is 0.483. The number of aromatic nitrogens is 3. The maximum Gasteiger partial charge on any atom is 0.191 e. The summed E-state index contributed by atoms with van der Waals surface area (Å²) in [6.07, 6.45) is 1.08. The molecule has 0 saturated carbocycles. The van der Waals surface area contributed by atoms with E-state index in [0.29, 0.717) is 10.3 Å². The van der Waals surface area contributed by atoms with Gasteiger partial charge in [-0.15, -0.1) is 10.2 Å². The molecule has 1 atom stereocenters. The van der Waals surface area contributed by atoms with Crippen LogP contribution < -0.4 is 0 Å². The highest BCUT2D eigenvalue weighted by atomic mass is 35.5. The van der Waals surface area contributed by atoms with Crippen LogP contribution in [0, 0.1) is 0 Å². The van der Waals surface area contributed by atoms with Crippen LogP contribution in [0.2, 0.25) is 5.02 Å². The van der Waals surface area contributed by atoms with Crippen LogP contribution in [-0.4, -0.2) is 33.2 Å². The number of ether oxygens (including phenoxy) is 1. The fraction of sp³-hybridized carbons (Fsp3) is 0.429. The van der Waals surface area contributed by atoms with Crippen molar-refractivity contribution in [3.63, 3.8) is 0 Å². The molecule has 0 N–H and O–H groups in total. The summed E-state index contributed by atoms with van der Waals surface area (Å²) >= 11 is 7.81. The fourth-order valence-electron chi connectivity index (χ4n) is 2.26. The topological polar surface area (TPSA) is 39.9 Å². The number of rotatable bonds is 4. The number of halogens is 1. The first kappa shape index (κ1) is 13.9. The molecular formula is C14H16ClN3OS. The second-order valence-electron chi connectivity index (χ2n) is 4.66. The predicted octanol–water partition coefficient (Wildman–Crippen LogP) is 3.50. The Morgan fingerprint density at radius 3 is 3.05 bits per heavy atom. The zero-order valence-corrected chi connectivity index (χ0v) is 12.8. The lowest BCUT2D eigenvalue weighted by atomic mass is 10.2. The smallest absolute Gasteiger partial charge is 0.191 e. The molecule has 3 rings (SSSR count). The summed E-state index contributed by atoms with van der Waals surface area (Å²) in [5.74, 6) is 0.872. The third kappa shape index (κ3) is 2.85.